The van der Waals surface area contributed by atoms with Crippen molar-refractivity contribution in [2.45, 2.75) is 51.3 Å². The fraction of sp³-hybridized carbons (Fsp3) is 0.700. The number of hydrogen-bond donors (Lipinski definition) is 1. The molecular weight excluding hydrogens is 316 g/mol. The van der Waals surface area contributed by atoms with Gasteiger partial charge in [-0.15, -0.1) is 0 Å². The second-order valence-corrected chi connectivity index (χ2v) is 7.52. The van der Waals surface area contributed by atoms with Gasteiger partial charge in [-0.1, -0.05) is 6.07 Å². The van der Waals surface area contributed by atoms with Gasteiger partial charge in [0.2, 0.25) is 0 Å². The van der Waals surface area contributed by atoms with Gasteiger partial charge in [-0.2, -0.15) is 0 Å². The van der Waals surface area contributed by atoms with Crippen molar-refractivity contribution < 1.29 is 14.6 Å². The van der Waals surface area contributed by atoms with Crippen LogP contribution in [0.2, 0.25) is 0 Å². The monoisotopic (exact) mass is 348 g/mol. The standard InChI is InChI=1S/C20H32N2O3/c1-4-25-17-8-7-16(13-18(17)24-3)14-21-12-9-20(2,23)19(15-21)22-10-5-6-11-22/h7-8,13,19,23H,4-6,9-12,14-15H2,1-3H3. The summed E-state index contributed by atoms with van der Waals surface area (Å²) in [5, 5.41) is 10.9. The molecule has 2 saturated heterocycles. The van der Waals surface area contributed by atoms with Gasteiger partial charge in [-0.25, -0.2) is 0 Å². The molecule has 1 N–H and O–H groups in total. The minimum Gasteiger partial charge on any atom is -0.493 e. The van der Waals surface area contributed by atoms with Crippen LogP contribution in [-0.2, 0) is 6.54 Å². The fourth-order valence-corrected chi connectivity index (χ4v) is 4.13. The Morgan fingerprint density at radius 3 is 2.64 bits per heavy atom. The summed E-state index contributed by atoms with van der Waals surface area (Å²) in [5.41, 5.74) is 0.638. The predicted molar refractivity (Wildman–Crippen MR) is 99.3 cm³/mol. The Hall–Kier alpha value is -1.30. The first kappa shape index (κ1) is 18.5. The highest BCUT2D eigenvalue weighted by molar-refractivity contribution is 5.43. The molecule has 0 bridgehead atoms. The number of methoxy groups -OCH3 is 1. The number of piperidine rings is 1. The van der Waals surface area contributed by atoms with E-state index in [2.05, 4.69) is 21.9 Å². The molecule has 2 heterocycles. The largest absolute Gasteiger partial charge is 0.493 e. The summed E-state index contributed by atoms with van der Waals surface area (Å²) in [6, 6.07) is 6.41. The molecule has 2 aliphatic heterocycles. The van der Waals surface area contributed by atoms with E-state index in [0.29, 0.717) is 6.61 Å². The third-order valence-electron chi connectivity index (χ3n) is 5.60. The van der Waals surface area contributed by atoms with Crippen LogP contribution < -0.4 is 9.47 Å². The van der Waals surface area contributed by atoms with Crippen LogP contribution in [0.5, 0.6) is 11.5 Å². The Labute approximate surface area is 151 Å². The Balaban J connectivity index is 1.68. The van der Waals surface area contributed by atoms with Crippen molar-refractivity contribution in [2.24, 2.45) is 0 Å². The number of nitrogens with zero attached hydrogens (tertiary/aromatic N) is 2. The summed E-state index contributed by atoms with van der Waals surface area (Å²) >= 11 is 0. The lowest BCUT2D eigenvalue weighted by Gasteiger charge is -2.46. The van der Waals surface area contributed by atoms with Crippen molar-refractivity contribution in [3.8, 4) is 11.5 Å². The van der Waals surface area contributed by atoms with Gasteiger partial charge in [0.05, 0.1) is 25.4 Å². The average molecular weight is 348 g/mol. The summed E-state index contributed by atoms with van der Waals surface area (Å²) in [5.74, 6) is 1.59. The van der Waals surface area contributed by atoms with E-state index in [-0.39, 0.29) is 6.04 Å². The number of ether oxygens (including phenoxy) is 2. The molecule has 2 fully saturated rings. The van der Waals surface area contributed by atoms with E-state index in [0.717, 1.165) is 50.6 Å². The third-order valence-corrected chi connectivity index (χ3v) is 5.60. The van der Waals surface area contributed by atoms with Gasteiger partial charge in [0.1, 0.15) is 0 Å². The number of likely N-dealkylation sites (tertiary alicyclic amines) is 2. The molecule has 0 aromatic heterocycles. The SMILES string of the molecule is CCOc1ccc(CN2CCC(C)(O)C(N3CCCC3)C2)cc1OC. The normalized spacial score (nSPS) is 28.2. The van der Waals surface area contributed by atoms with Crippen molar-refractivity contribution in [1.82, 2.24) is 9.80 Å². The van der Waals surface area contributed by atoms with Crippen LogP contribution in [0.15, 0.2) is 18.2 Å². The molecule has 0 saturated carbocycles. The predicted octanol–water partition coefficient (Wildman–Crippen LogP) is 2.52. The van der Waals surface area contributed by atoms with E-state index < -0.39 is 5.60 Å². The Bertz CT molecular complexity index is 570. The van der Waals surface area contributed by atoms with Crippen molar-refractivity contribution in [2.75, 3.05) is 39.9 Å². The van der Waals surface area contributed by atoms with Crippen molar-refractivity contribution in [3.63, 3.8) is 0 Å². The zero-order chi connectivity index (χ0) is 17.9. The van der Waals surface area contributed by atoms with E-state index >= 15 is 0 Å². The number of aliphatic hydroxyl groups is 1. The molecule has 0 radical (unpaired) electrons. The molecule has 0 amide bonds. The zero-order valence-corrected chi connectivity index (χ0v) is 15.8. The summed E-state index contributed by atoms with van der Waals surface area (Å²) in [7, 11) is 1.68. The second-order valence-electron chi connectivity index (χ2n) is 7.52. The van der Waals surface area contributed by atoms with Gasteiger partial charge >= 0.3 is 0 Å². The number of benzene rings is 1. The smallest absolute Gasteiger partial charge is 0.161 e. The Morgan fingerprint density at radius 1 is 1.20 bits per heavy atom. The topological polar surface area (TPSA) is 45.2 Å². The maximum Gasteiger partial charge on any atom is 0.161 e. The first-order chi connectivity index (χ1) is 12.0. The zero-order valence-electron chi connectivity index (χ0n) is 15.8. The maximum absolute atomic E-state index is 10.9. The molecule has 2 unspecified atom stereocenters. The van der Waals surface area contributed by atoms with Crippen molar-refractivity contribution in [1.29, 1.82) is 0 Å². The highest BCUT2D eigenvalue weighted by atomic mass is 16.5. The van der Waals surface area contributed by atoms with E-state index in [1.165, 1.54) is 18.4 Å². The van der Waals surface area contributed by atoms with Crippen LogP contribution in [-0.4, -0.2) is 66.4 Å². The minimum atomic E-state index is -0.586. The number of hydrogen-bond acceptors (Lipinski definition) is 5. The number of rotatable bonds is 6. The molecule has 2 aliphatic rings. The molecule has 140 valence electrons. The van der Waals surface area contributed by atoms with Gasteiger partial charge < -0.3 is 14.6 Å². The third kappa shape index (κ3) is 4.27. The van der Waals surface area contributed by atoms with Gasteiger partial charge in [0.15, 0.2) is 11.5 Å². The summed E-state index contributed by atoms with van der Waals surface area (Å²) in [6.45, 7) is 9.57. The molecule has 5 nitrogen and oxygen atoms in total. The first-order valence-corrected chi connectivity index (χ1v) is 9.52. The van der Waals surface area contributed by atoms with Gasteiger partial charge in [-0.3, -0.25) is 9.80 Å². The molecule has 3 rings (SSSR count). The lowest BCUT2D eigenvalue weighted by Crippen LogP contribution is -2.60. The molecule has 1 aromatic rings. The Morgan fingerprint density at radius 2 is 1.96 bits per heavy atom. The highest BCUT2D eigenvalue weighted by Crippen LogP contribution is 2.31. The van der Waals surface area contributed by atoms with Gasteiger partial charge in [0.25, 0.3) is 0 Å². The minimum absolute atomic E-state index is 0.230. The van der Waals surface area contributed by atoms with Crippen LogP contribution in [0.25, 0.3) is 0 Å². The van der Waals surface area contributed by atoms with Gasteiger partial charge in [0, 0.05) is 19.6 Å². The lowest BCUT2D eigenvalue weighted by molar-refractivity contribution is -0.0776. The lowest BCUT2D eigenvalue weighted by atomic mass is 9.87. The first-order valence-electron chi connectivity index (χ1n) is 9.52. The van der Waals surface area contributed by atoms with E-state index in [4.69, 9.17) is 9.47 Å². The molecular formula is C20H32N2O3. The summed E-state index contributed by atoms with van der Waals surface area (Å²) < 4.78 is 11.1. The molecule has 0 aliphatic carbocycles. The van der Waals surface area contributed by atoms with Crippen LogP contribution in [0.3, 0.4) is 0 Å². The van der Waals surface area contributed by atoms with Crippen LogP contribution in [0, 0.1) is 0 Å². The van der Waals surface area contributed by atoms with Crippen LogP contribution in [0.4, 0.5) is 0 Å². The van der Waals surface area contributed by atoms with Crippen molar-refractivity contribution in [3.05, 3.63) is 23.8 Å². The fourth-order valence-electron chi connectivity index (χ4n) is 4.13. The van der Waals surface area contributed by atoms with Crippen LogP contribution in [0.1, 0.15) is 38.7 Å². The maximum atomic E-state index is 10.9. The van der Waals surface area contributed by atoms with Crippen LogP contribution >= 0.6 is 0 Å². The molecule has 2 atom stereocenters. The summed E-state index contributed by atoms with van der Waals surface area (Å²) in [4.78, 5) is 4.93. The highest BCUT2D eigenvalue weighted by Gasteiger charge is 2.41. The average Bonchev–Trinajstić information content (AvgIpc) is 3.12. The second kappa shape index (κ2) is 7.94. The quantitative estimate of drug-likeness (QED) is 0.856. The molecule has 0 spiro atoms. The molecule has 5 heteroatoms. The van der Waals surface area contributed by atoms with E-state index in [1.807, 2.05) is 19.9 Å². The van der Waals surface area contributed by atoms with E-state index in [1.54, 1.807) is 7.11 Å². The van der Waals surface area contributed by atoms with Crippen molar-refractivity contribution >= 4 is 0 Å². The van der Waals surface area contributed by atoms with Gasteiger partial charge in [-0.05, 0) is 63.9 Å². The Kier molecular flexibility index (Phi) is 5.87. The summed E-state index contributed by atoms with van der Waals surface area (Å²) in [6.07, 6.45) is 3.33. The van der Waals surface area contributed by atoms with E-state index in [9.17, 15) is 5.11 Å². The molecule has 1 aromatic carbocycles. The molecule has 25 heavy (non-hydrogen) atoms.